The zero-order valence-corrected chi connectivity index (χ0v) is 9.76. The highest BCUT2D eigenvalue weighted by atomic mass is 35.5. The van der Waals surface area contributed by atoms with Gasteiger partial charge in [-0.15, -0.1) is 0 Å². The minimum absolute atomic E-state index is 0.197. The van der Waals surface area contributed by atoms with Crippen LogP contribution in [0.25, 0.3) is 0 Å². The van der Waals surface area contributed by atoms with Crippen molar-refractivity contribution in [2.45, 2.75) is 0 Å². The quantitative estimate of drug-likeness (QED) is 0.830. The number of halogens is 2. The lowest BCUT2D eigenvalue weighted by molar-refractivity contribution is 0.475. The molecule has 82 valence electrons. The van der Waals surface area contributed by atoms with E-state index in [4.69, 9.17) is 23.2 Å². The summed E-state index contributed by atoms with van der Waals surface area (Å²) in [5.74, 6) is 0.197. The number of benzene rings is 2. The van der Waals surface area contributed by atoms with Crippen LogP contribution in [-0.4, -0.2) is 5.11 Å². The van der Waals surface area contributed by atoms with Crippen LogP contribution in [0.2, 0.25) is 10.0 Å². The fourth-order valence-corrected chi connectivity index (χ4v) is 1.67. The zero-order chi connectivity index (χ0) is 11.5. The molecule has 0 amide bonds. The van der Waals surface area contributed by atoms with Crippen molar-refractivity contribution in [3.63, 3.8) is 0 Å². The lowest BCUT2D eigenvalue weighted by atomic mass is 10.2. The maximum absolute atomic E-state index is 9.32. The van der Waals surface area contributed by atoms with Gasteiger partial charge in [0.15, 0.2) is 0 Å². The second-order valence-corrected chi connectivity index (χ2v) is 4.14. The van der Waals surface area contributed by atoms with Crippen molar-refractivity contribution >= 4 is 34.6 Å². The Labute approximate surface area is 103 Å². The molecule has 0 aliphatic heterocycles. The molecule has 0 aliphatic rings. The van der Waals surface area contributed by atoms with Gasteiger partial charge in [-0.05, 0) is 30.3 Å². The average Bonchev–Trinajstić information content (AvgIpc) is 2.24. The van der Waals surface area contributed by atoms with Crippen LogP contribution in [0.5, 0.6) is 5.75 Å². The van der Waals surface area contributed by atoms with Gasteiger partial charge in [0.2, 0.25) is 0 Å². The summed E-state index contributed by atoms with van der Waals surface area (Å²) in [4.78, 5) is 0. The van der Waals surface area contributed by atoms with Crippen LogP contribution in [0.1, 0.15) is 0 Å². The van der Waals surface area contributed by atoms with E-state index in [1.54, 1.807) is 36.4 Å². The molecule has 0 saturated carbocycles. The second-order valence-electron chi connectivity index (χ2n) is 3.30. The molecule has 2 N–H and O–H groups in total. The molecule has 0 saturated heterocycles. The van der Waals surface area contributed by atoms with E-state index in [-0.39, 0.29) is 5.75 Å². The molecule has 0 bridgehead atoms. The van der Waals surface area contributed by atoms with Crippen LogP contribution in [-0.2, 0) is 0 Å². The van der Waals surface area contributed by atoms with Gasteiger partial charge >= 0.3 is 0 Å². The van der Waals surface area contributed by atoms with Gasteiger partial charge in [0.1, 0.15) is 5.75 Å². The van der Waals surface area contributed by atoms with E-state index in [0.717, 1.165) is 5.69 Å². The molecule has 0 fully saturated rings. The van der Waals surface area contributed by atoms with Gasteiger partial charge in [-0.2, -0.15) is 0 Å². The third kappa shape index (κ3) is 2.60. The molecule has 0 aromatic heterocycles. The molecular weight excluding hydrogens is 245 g/mol. The Morgan fingerprint density at radius 1 is 1.00 bits per heavy atom. The summed E-state index contributed by atoms with van der Waals surface area (Å²) in [7, 11) is 0. The van der Waals surface area contributed by atoms with Crippen molar-refractivity contribution in [2.75, 3.05) is 5.32 Å². The van der Waals surface area contributed by atoms with Crippen molar-refractivity contribution in [2.24, 2.45) is 0 Å². The van der Waals surface area contributed by atoms with Gasteiger partial charge in [0, 0.05) is 16.8 Å². The fourth-order valence-electron chi connectivity index (χ4n) is 1.33. The monoisotopic (exact) mass is 253 g/mol. The molecule has 0 radical (unpaired) electrons. The van der Waals surface area contributed by atoms with Crippen LogP contribution in [0, 0.1) is 0 Å². The van der Waals surface area contributed by atoms with Crippen LogP contribution in [0.3, 0.4) is 0 Å². The van der Waals surface area contributed by atoms with Gasteiger partial charge in [-0.1, -0.05) is 29.3 Å². The minimum Gasteiger partial charge on any atom is -0.508 e. The molecule has 2 rings (SSSR count). The Bertz CT molecular complexity index is 514. The Balaban J connectivity index is 2.30. The van der Waals surface area contributed by atoms with Gasteiger partial charge in [-0.25, -0.2) is 0 Å². The van der Waals surface area contributed by atoms with E-state index in [2.05, 4.69) is 5.32 Å². The zero-order valence-electron chi connectivity index (χ0n) is 8.24. The molecule has 0 atom stereocenters. The number of phenolic OH excluding ortho intramolecular Hbond substituents is 1. The van der Waals surface area contributed by atoms with Crippen molar-refractivity contribution < 1.29 is 5.11 Å². The summed E-state index contributed by atoms with van der Waals surface area (Å²) < 4.78 is 0. The Kier molecular flexibility index (Phi) is 3.22. The SMILES string of the molecule is Oc1cccc(Nc2cc(Cl)ccc2Cl)c1. The van der Waals surface area contributed by atoms with E-state index in [0.29, 0.717) is 15.7 Å². The van der Waals surface area contributed by atoms with Crippen molar-refractivity contribution in [3.05, 3.63) is 52.5 Å². The molecule has 0 unspecified atom stereocenters. The summed E-state index contributed by atoms with van der Waals surface area (Å²) >= 11 is 11.9. The number of hydrogen-bond acceptors (Lipinski definition) is 2. The average molecular weight is 254 g/mol. The molecule has 16 heavy (non-hydrogen) atoms. The number of nitrogens with one attached hydrogen (secondary N) is 1. The van der Waals surface area contributed by atoms with Crippen molar-refractivity contribution in [1.82, 2.24) is 0 Å². The summed E-state index contributed by atoms with van der Waals surface area (Å²) in [6, 6.07) is 12.0. The van der Waals surface area contributed by atoms with Gasteiger partial charge in [0.05, 0.1) is 10.7 Å². The van der Waals surface area contributed by atoms with E-state index in [1.807, 2.05) is 6.07 Å². The minimum atomic E-state index is 0.197. The molecule has 2 aromatic carbocycles. The maximum Gasteiger partial charge on any atom is 0.117 e. The van der Waals surface area contributed by atoms with E-state index >= 15 is 0 Å². The molecular formula is C12H9Cl2NO. The summed E-state index contributed by atoms with van der Waals surface area (Å²) in [6.45, 7) is 0. The fraction of sp³-hybridized carbons (Fsp3) is 0. The first-order valence-electron chi connectivity index (χ1n) is 4.66. The second kappa shape index (κ2) is 4.64. The first-order chi connectivity index (χ1) is 7.65. The lowest BCUT2D eigenvalue weighted by Gasteiger charge is -2.08. The first kappa shape index (κ1) is 11.1. The topological polar surface area (TPSA) is 32.3 Å². The van der Waals surface area contributed by atoms with E-state index in [1.165, 1.54) is 0 Å². The van der Waals surface area contributed by atoms with Crippen molar-refractivity contribution in [3.8, 4) is 5.75 Å². The molecule has 2 nitrogen and oxygen atoms in total. The van der Waals surface area contributed by atoms with Crippen LogP contribution in [0.15, 0.2) is 42.5 Å². The first-order valence-corrected chi connectivity index (χ1v) is 5.42. The lowest BCUT2D eigenvalue weighted by Crippen LogP contribution is -1.90. The van der Waals surface area contributed by atoms with E-state index in [9.17, 15) is 5.11 Å². The summed E-state index contributed by atoms with van der Waals surface area (Å²) in [6.07, 6.45) is 0. The maximum atomic E-state index is 9.32. The number of aromatic hydroxyl groups is 1. The van der Waals surface area contributed by atoms with Crippen LogP contribution < -0.4 is 5.32 Å². The largest absolute Gasteiger partial charge is 0.508 e. The van der Waals surface area contributed by atoms with Crippen LogP contribution in [0.4, 0.5) is 11.4 Å². The highest BCUT2D eigenvalue weighted by Crippen LogP contribution is 2.29. The summed E-state index contributed by atoms with van der Waals surface area (Å²) in [5, 5.41) is 13.6. The third-order valence-corrected chi connectivity index (χ3v) is 2.62. The highest BCUT2D eigenvalue weighted by molar-refractivity contribution is 6.35. The third-order valence-electron chi connectivity index (χ3n) is 2.05. The van der Waals surface area contributed by atoms with Crippen molar-refractivity contribution in [1.29, 1.82) is 0 Å². The Morgan fingerprint density at radius 3 is 2.56 bits per heavy atom. The van der Waals surface area contributed by atoms with Gasteiger partial charge < -0.3 is 10.4 Å². The standard InChI is InChI=1S/C12H9Cl2NO/c13-8-4-5-11(14)12(6-8)15-9-2-1-3-10(16)7-9/h1-7,15-16H. The molecule has 0 aliphatic carbocycles. The van der Waals surface area contributed by atoms with Gasteiger partial charge in [-0.3, -0.25) is 0 Å². The predicted molar refractivity (Wildman–Crippen MR) is 67.9 cm³/mol. The Hall–Kier alpha value is -1.38. The molecule has 2 aromatic rings. The predicted octanol–water partition coefficient (Wildman–Crippen LogP) is 4.44. The smallest absolute Gasteiger partial charge is 0.117 e. The summed E-state index contributed by atoms with van der Waals surface area (Å²) in [5.41, 5.74) is 1.46. The Morgan fingerprint density at radius 2 is 1.81 bits per heavy atom. The number of anilines is 2. The molecule has 4 heteroatoms. The van der Waals surface area contributed by atoms with E-state index < -0.39 is 0 Å². The highest BCUT2D eigenvalue weighted by Gasteiger charge is 2.02. The number of phenols is 1. The molecule has 0 heterocycles. The van der Waals surface area contributed by atoms with Crippen LogP contribution >= 0.6 is 23.2 Å². The number of hydrogen-bond donors (Lipinski definition) is 2. The molecule has 0 spiro atoms. The normalized spacial score (nSPS) is 10.1. The number of rotatable bonds is 2. The van der Waals surface area contributed by atoms with Gasteiger partial charge in [0.25, 0.3) is 0 Å².